The highest BCUT2D eigenvalue weighted by molar-refractivity contribution is 6.32. The Kier molecular flexibility index (Phi) is 7.92. The van der Waals surface area contributed by atoms with Crippen molar-refractivity contribution in [3.63, 3.8) is 0 Å². The number of halogens is 4. The zero-order valence-corrected chi connectivity index (χ0v) is 17.3. The lowest BCUT2D eigenvalue weighted by Gasteiger charge is -2.12. The van der Waals surface area contributed by atoms with Gasteiger partial charge >= 0.3 is 6.18 Å². The van der Waals surface area contributed by atoms with Gasteiger partial charge in [0.2, 0.25) is 0 Å². The molecule has 0 atom stereocenters. The minimum absolute atomic E-state index is 0.0128. The Morgan fingerprint density at radius 2 is 1.56 bits per heavy atom. The Morgan fingerprint density at radius 1 is 0.963 bits per heavy atom. The van der Waals surface area contributed by atoms with Crippen LogP contribution >= 0.6 is 11.6 Å². The highest BCUT2D eigenvalue weighted by atomic mass is 35.5. The van der Waals surface area contributed by atoms with E-state index >= 15 is 0 Å². The van der Waals surface area contributed by atoms with Crippen LogP contribution in [-0.4, -0.2) is 0 Å². The zero-order valence-electron chi connectivity index (χ0n) is 16.5. The van der Waals surface area contributed by atoms with Crippen LogP contribution in [0.15, 0.2) is 30.3 Å². The fourth-order valence-corrected chi connectivity index (χ4v) is 2.89. The second-order valence-corrected chi connectivity index (χ2v) is 7.51. The minimum Gasteiger partial charge on any atom is -0.192 e. The lowest BCUT2D eigenvalue weighted by atomic mass is 9.96. The normalized spacial score (nSPS) is 11.2. The molecule has 27 heavy (non-hydrogen) atoms. The van der Waals surface area contributed by atoms with Crippen LogP contribution in [0.3, 0.4) is 0 Å². The Balaban J connectivity index is 0.000000277. The standard InChI is InChI=1S/C11H15Cl.C11H10F3N/c1-7(2)10-6-5-8(3)11(12)9(10)4;1-7(2)8-3-4-9(6-15)10(5-8)11(12,13)14/h5-7H,1-4H3;3-5,7H,1-2H3. The maximum atomic E-state index is 12.5. The van der Waals surface area contributed by atoms with Crippen molar-refractivity contribution in [1.29, 1.82) is 5.26 Å². The Morgan fingerprint density at radius 3 is 2.00 bits per heavy atom. The van der Waals surface area contributed by atoms with Crippen molar-refractivity contribution >= 4 is 11.6 Å². The summed E-state index contributed by atoms with van der Waals surface area (Å²) < 4.78 is 37.6. The average Bonchev–Trinajstić information content (AvgIpc) is 2.58. The number of nitrogens with zero attached hydrogens (tertiary/aromatic N) is 1. The molecule has 0 aromatic heterocycles. The molecular formula is C22H25ClF3N. The lowest BCUT2D eigenvalue weighted by Crippen LogP contribution is -2.08. The van der Waals surface area contributed by atoms with E-state index in [0.717, 1.165) is 11.1 Å². The first-order valence-electron chi connectivity index (χ1n) is 8.77. The van der Waals surface area contributed by atoms with Crippen LogP contribution in [0, 0.1) is 25.2 Å². The molecular weight excluding hydrogens is 371 g/mol. The first kappa shape index (κ1) is 23.0. The quantitative estimate of drug-likeness (QED) is 0.509. The summed E-state index contributed by atoms with van der Waals surface area (Å²) in [6.45, 7) is 12.1. The van der Waals surface area contributed by atoms with Gasteiger partial charge in [-0.1, -0.05) is 57.5 Å². The van der Waals surface area contributed by atoms with Gasteiger partial charge in [0.15, 0.2) is 0 Å². The summed E-state index contributed by atoms with van der Waals surface area (Å²) in [6, 6.07) is 9.62. The van der Waals surface area contributed by atoms with Gasteiger partial charge in [-0.25, -0.2) is 0 Å². The van der Waals surface area contributed by atoms with E-state index in [9.17, 15) is 13.2 Å². The summed E-state index contributed by atoms with van der Waals surface area (Å²) in [5.41, 5.74) is 3.15. The summed E-state index contributed by atoms with van der Waals surface area (Å²) >= 11 is 6.13. The predicted octanol–water partition coefficient (Wildman–Crippen LogP) is 7.78. The molecule has 146 valence electrons. The van der Waals surface area contributed by atoms with Crippen LogP contribution in [0.25, 0.3) is 0 Å². The van der Waals surface area contributed by atoms with Crippen LogP contribution in [0.2, 0.25) is 5.02 Å². The highest BCUT2D eigenvalue weighted by Crippen LogP contribution is 2.33. The minimum atomic E-state index is -4.46. The molecule has 2 aromatic carbocycles. The molecule has 0 aliphatic heterocycles. The van der Waals surface area contributed by atoms with E-state index in [-0.39, 0.29) is 11.5 Å². The van der Waals surface area contributed by atoms with Gasteiger partial charge in [-0.3, -0.25) is 0 Å². The van der Waals surface area contributed by atoms with Crippen LogP contribution in [0.5, 0.6) is 0 Å². The summed E-state index contributed by atoms with van der Waals surface area (Å²) in [7, 11) is 0. The zero-order chi connectivity index (χ0) is 20.9. The van der Waals surface area contributed by atoms with Crippen molar-refractivity contribution in [3.8, 4) is 6.07 Å². The van der Waals surface area contributed by atoms with Crippen molar-refractivity contribution < 1.29 is 13.2 Å². The molecule has 0 amide bonds. The van der Waals surface area contributed by atoms with Gasteiger partial charge in [0.1, 0.15) is 0 Å². The fraction of sp³-hybridized carbons (Fsp3) is 0.409. The molecule has 5 heteroatoms. The lowest BCUT2D eigenvalue weighted by molar-refractivity contribution is -0.137. The van der Waals surface area contributed by atoms with E-state index in [1.54, 1.807) is 12.1 Å². The summed E-state index contributed by atoms with van der Waals surface area (Å²) in [5, 5.41) is 9.48. The van der Waals surface area contributed by atoms with Crippen molar-refractivity contribution in [2.45, 2.75) is 59.6 Å². The Labute approximate surface area is 164 Å². The number of rotatable bonds is 2. The number of alkyl halides is 3. The van der Waals surface area contributed by atoms with Crippen LogP contribution in [0.1, 0.15) is 72.9 Å². The summed E-state index contributed by atoms with van der Waals surface area (Å²) in [5.74, 6) is 0.571. The van der Waals surface area contributed by atoms with Gasteiger partial charge < -0.3 is 0 Å². The number of hydrogen-bond acceptors (Lipinski definition) is 1. The SMILES string of the molecule is CC(C)c1ccc(C#N)c(C(F)(F)F)c1.Cc1ccc(C(C)C)c(C)c1Cl. The third-order valence-corrected chi connectivity index (χ3v) is 4.96. The summed E-state index contributed by atoms with van der Waals surface area (Å²) in [4.78, 5) is 0. The molecule has 0 aliphatic rings. The molecule has 2 rings (SSSR count). The van der Waals surface area contributed by atoms with E-state index in [0.29, 0.717) is 11.5 Å². The third kappa shape index (κ3) is 6.01. The predicted molar refractivity (Wildman–Crippen MR) is 105 cm³/mol. The molecule has 0 fully saturated rings. The number of benzene rings is 2. The van der Waals surface area contributed by atoms with E-state index in [1.807, 2.05) is 20.8 Å². The molecule has 0 saturated heterocycles. The molecule has 1 nitrogen and oxygen atoms in total. The number of hydrogen-bond donors (Lipinski definition) is 0. The molecule has 0 radical (unpaired) electrons. The van der Waals surface area contributed by atoms with Crippen LogP contribution in [-0.2, 0) is 6.18 Å². The van der Waals surface area contributed by atoms with E-state index in [2.05, 4.69) is 32.9 Å². The van der Waals surface area contributed by atoms with Gasteiger partial charge in [-0.15, -0.1) is 0 Å². The monoisotopic (exact) mass is 395 g/mol. The van der Waals surface area contributed by atoms with Crippen LogP contribution in [0.4, 0.5) is 13.2 Å². The smallest absolute Gasteiger partial charge is 0.192 e. The first-order valence-corrected chi connectivity index (χ1v) is 9.14. The average molecular weight is 396 g/mol. The van der Waals surface area contributed by atoms with Gasteiger partial charge in [-0.2, -0.15) is 18.4 Å². The van der Waals surface area contributed by atoms with Crippen molar-refractivity contribution in [2.24, 2.45) is 0 Å². The first-order chi connectivity index (χ1) is 12.4. The van der Waals surface area contributed by atoms with Gasteiger partial charge in [0.25, 0.3) is 0 Å². The molecule has 0 heterocycles. The van der Waals surface area contributed by atoms with Gasteiger partial charge in [-0.05, 0) is 60.1 Å². The second kappa shape index (κ2) is 9.28. The molecule has 2 aromatic rings. The number of nitriles is 1. The molecule has 0 saturated carbocycles. The van der Waals surface area contributed by atoms with E-state index in [1.165, 1.54) is 22.8 Å². The molecule has 0 unspecified atom stereocenters. The largest absolute Gasteiger partial charge is 0.417 e. The van der Waals surface area contributed by atoms with Crippen LogP contribution < -0.4 is 0 Å². The van der Waals surface area contributed by atoms with E-state index in [4.69, 9.17) is 16.9 Å². The molecule has 0 N–H and O–H groups in total. The third-order valence-electron chi connectivity index (χ3n) is 4.38. The second-order valence-electron chi connectivity index (χ2n) is 7.13. The number of aryl methyl sites for hydroxylation is 1. The molecule has 0 bridgehead atoms. The van der Waals surface area contributed by atoms with Gasteiger partial charge in [0, 0.05) is 5.02 Å². The maximum Gasteiger partial charge on any atom is 0.417 e. The Hall–Kier alpha value is -1.99. The summed E-state index contributed by atoms with van der Waals surface area (Å²) in [6.07, 6.45) is -4.46. The van der Waals surface area contributed by atoms with Crippen molar-refractivity contribution in [3.05, 3.63) is 68.7 Å². The maximum absolute atomic E-state index is 12.5. The van der Waals surface area contributed by atoms with Crippen molar-refractivity contribution in [2.75, 3.05) is 0 Å². The highest BCUT2D eigenvalue weighted by Gasteiger charge is 2.33. The topological polar surface area (TPSA) is 23.8 Å². The molecule has 0 spiro atoms. The fourth-order valence-electron chi connectivity index (χ4n) is 2.71. The van der Waals surface area contributed by atoms with E-state index < -0.39 is 11.7 Å². The Bertz CT molecular complexity index is 831. The van der Waals surface area contributed by atoms with Gasteiger partial charge in [0.05, 0.1) is 17.2 Å². The van der Waals surface area contributed by atoms with Crippen molar-refractivity contribution in [1.82, 2.24) is 0 Å². The molecule has 0 aliphatic carbocycles.